The van der Waals surface area contributed by atoms with Gasteiger partial charge in [-0.1, -0.05) is 6.92 Å². The third kappa shape index (κ3) is 3.70. The maximum Gasteiger partial charge on any atom is 0.123 e. The highest BCUT2D eigenvalue weighted by molar-refractivity contribution is 5.53. The van der Waals surface area contributed by atoms with E-state index in [0.717, 1.165) is 24.3 Å². The van der Waals surface area contributed by atoms with Crippen LogP contribution in [0.5, 0.6) is 0 Å². The van der Waals surface area contributed by atoms with E-state index in [0.29, 0.717) is 12.6 Å². The summed E-state index contributed by atoms with van der Waals surface area (Å²) >= 11 is 0. The Morgan fingerprint density at radius 3 is 2.90 bits per heavy atom. The first-order valence-electron chi connectivity index (χ1n) is 7.52. The van der Waals surface area contributed by atoms with Crippen molar-refractivity contribution in [3.63, 3.8) is 0 Å². The number of hydrogen-bond acceptors (Lipinski definition) is 3. The standard InChI is InChI=1S/C16H26FN3/c1-4-18-11-13-10-14(17)7-8-16(13)20(3)12-15-6-5-9-19(15)2/h7-8,10,15,18H,4-6,9,11-12H2,1-3H3. The monoisotopic (exact) mass is 279 g/mol. The average Bonchev–Trinajstić information content (AvgIpc) is 2.82. The van der Waals surface area contributed by atoms with Crippen LogP contribution in [0.3, 0.4) is 0 Å². The van der Waals surface area contributed by atoms with Crippen molar-refractivity contribution >= 4 is 5.69 Å². The SMILES string of the molecule is CCNCc1cc(F)ccc1N(C)CC1CCCN1C. The van der Waals surface area contributed by atoms with E-state index in [9.17, 15) is 4.39 Å². The molecule has 4 heteroatoms. The molecule has 112 valence electrons. The summed E-state index contributed by atoms with van der Waals surface area (Å²) in [5.74, 6) is -0.159. The van der Waals surface area contributed by atoms with Crippen molar-refractivity contribution in [1.82, 2.24) is 10.2 Å². The largest absolute Gasteiger partial charge is 0.373 e. The third-order valence-electron chi connectivity index (χ3n) is 4.17. The van der Waals surface area contributed by atoms with Gasteiger partial charge in [-0.3, -0.25) is 0 Å². The van der Waals surface area contributed by atoms with Crippen molar-refractivity contribution in [2.75, 3.05) is 38.6 Å². The minimum absolute atomic E-state index is 0.159. The molecule has 0 amide bonds. The van der Waals surface area contributed by atoms with Gasteiger partial charge >= 0.3 is 0 Å². The summed E-state index contributed by atoms with van der Waals surface area (Å²) in [5, 5.41) is 3.29. The minimum atomic E-state index is -0.159. The molecule has 0 aromatic heterocycles. The van der Waals surface area contributed by atoms with Gasteiger partial charge in [0.1, 0.15) is 5.82 Å². The lowest BCUT2D eigenvalue weighted by atomic mass is 10.1. The molecule has 1 aliphatic rings. The van der Waals surface area contributed by atoms with Crippen LogP contribution in [-0.4, -0.2) is 44.7 Å². The molecule has 0 aliphatic carbocycles. The Labute approximate surface area is 121 Å². The van der Waals surface area contributed by atoms with Gasteiger partial charge in [0, 0.05) is 31.9 Å². The molecule has 1 atom stereocenters. The van der Waals surface area contributed by atoms with Crippen LogP contribution < -0.4 is 10.2 Å². The second kappa shape index (κ2) is 7.04. The Kier molecular flexibility index (Phi) is 5.38. The Hall–Kier alpha value is -1.13. The highest BCUT2D eigenvalue weighted by Gasteiger charge is 2.22. The van der Waals surface area contributed by atoms with Gasteiger partial charge in [-0.15, -0.1) is 0 Å². The zero-order chi connectivity index (χ0) is 14.5. The van der Waals surface area contributed by atoms with Crippen molar-refractivity contribution in [1.29, 1.82) is 0 Å². The molecule has 0 bridgehead atoms. The first kappa shape index (κ1) is 15.3. The topological polar surface area (TPSA) is 18.5 Å². The van der Waals surface area contributed by atoms with E-state index in [-0.39, 0.29) is 5.82 Å². The normalized spacial score (nSPS) is 19.5. The Morgan fingerprint density at radius 1 is 1.45 bits per heavy atom. The molecule has 20 heavy (non-hydrogen) atoms. The van der Waals surface area contributed by atoms with Gasteiger partial charge in [0.15, 0.2) is 0 Å². The molecular weight excluding hydrogens is 253 g/mol. The van der Waals surface area contributed by atoms with Crippen LogP contribution in [0, 0.1) is 5.82 Å². The highest BCUT2D eigenvalue weighted by Crippen LogP contribution is 2.23. The fourth-order valence-electron chi connectivity index (χ4n) is 2.95. The zero-order valence-electron chi connectivity index (χ0n) is 12.8. The summed E-state index contributed by atoms with van der Waals surface area (Å²) < 4.78 is 13.5. The van der Waals surface area contributed by atoms with Gasteiger partial charge in [-0.05, 0) is 56.7 Å². The van der Waals surface area contributed by atoms with Crippen LogP contribution in [0.2, 0.25) is 0 Å². The van der Waals surface area contributed by atoms with Crippen LogP contribution in [0.1, 0.15) is 25.3 Å². The molecule has 0 spiro atoms. The van der Waals surface area contributed by atoms with E-state index in [4.69, 9.17) is 0 Å². The molecule has 0 saturated carbocycles. The van der Waals surface area contributed by atoms with E-state index in [1.54, 1.807) is 12.1 Å². The fraction of sp³-hybridized carbons (Fsp3) is 0.625. The van der Waals surface area contributed by atoms with Gasteiger partial charge in [-0.2, -0.15) is 0 Å². The van der Waals surface area contributed by atoms with Gasteiger partial charge in [0.05, 0.1) is 0 Å². The van der Waals surface area contributed by atoms with Crippen LogP contribution >= 0.6 is 0 Å². The molecular formula is C16H26FN3. The average molecular weight is 279 g/mol. The Bertz CT molecular complexity index is 436. The fourth-order valence-corrected chi connectivity index (χ4v) is 2.95. The predicted octanol–water partition coefficient (Wildman–Crippen LogP) is 2.47. The summed E-state index contributed by atoms with van der Waals surface area (Å²) in [4.78, 5) is 4.68. The molecule has 1 unspecified atom stereocenters. The van der Waals surface area contributed by atoms with E-state index in [1.165, 1.54) is 19.4 Å². The summed E-state index contributed by atoms with van der Waals surface area (Å²) in [5.41, 5.74) is 2.17. The van der Waals surface area contributed by atoms with Crippen molar-refractivity contribution < 1.29 is 4.39 Å². The number of halogens is 1. The van der Waals surface area contributed by atoms with Crippen LogP contribution in [0.15, 0.2) is 18.2 Å². The van der Waals surface area contributed by atoms with Crippen LogP contribution in [0.4, 0.5) is 10.1 Å². The van der Waals surface area contributed by atoms with Gasteiger partial charge in [0.25, 0.3) is 0 Å². The van der Waals surface area contributed by atoms with Crippen LogP contribution in [-0.2, 0) is 6.54 Å². The summed E-state index contributed by atoms with van der Waals surface area (Å²) in [7, 11) is 4.30. The molecule has 3 nitrogen and oxygen atoms in total. The number of hydrogen-bond donors (Lipinski definition) is 1. The van der Waals surface area contributed by atoms with E-state index in [2.05, 4.69) is 36.1 Å². The summed E-state index contributed by atoms with van der Waals surface area (Å²) in [6, 6.07) is 5.71. The maximum absolute atomic E-state index is 13.5. The molecule has 1 fully saturated rings. The molecule has 1 aromatic rings. The van der Waals surface area contributed by atoms with Gasteiger partial charge in [0.2, 0.25) is 0 Å². The number of likely N-dealkylation sites (tertiary alicyclic amines) is 1. The lowest BCUT2D eigenvalue weighted by Crippen LogP contribution is -2.37. The number of nitrogens with one attached hydrogen (secondary N) is 1. The first-order chi connectivity index (χ1) is 9.61. The first-order valence-corrected chi connectivity index (χ1v) is 7.52. The van der Waals surface area contributed by atoms with Crippen molar-refractivity contribution in [3.8, 4) is 0 Å². The molecule has 0 radical (unpaired) electrons. The van der Waals surface area contributed by atoms with E-state index >= 15 is 0 Å². The van der Waals surface area contributed by atoms with Crippen molar-refractivity contribution in [2.45, 2.75) is 32.4 Å². The van der Waals surface area contributed by atoms with Gasteiger partial charge < -0.3 is 15.1 Å². The smallest absolute Gasteiger partial charge is 0.123 e. The summed E-state index contributed by atoms with van der Waals surface area (Å²) in [6.07, 6.45) is 2.53. The Balaban J connectivity index is 2.09. The van der Waals surface area contributed by atoms with E-state index in [1.807, 2.05) is 6.07 Å². The highest BCUT2D eigenvalue weighted by atomic mass is 19.1. The van der Waals surface area contributed by atoms with E-state index < -0.39 is 0 Å². The quantitative estimate of drug-likeness (QED) is 0.863. The molecule has 1 heterocycles. The van der Waals surface area contributed by atoms with Crippen molar-refractivity contribution in [2.24, 2.45) is 0 Å². The third-order valence-corrected chi connectivity index (χ3v) is 4.17. The number of rotatable bonds is 6. The zero-order valence-corrected chi connectivity index (χ0v) is 12.8. The number of nitrogens with zero attached hydrogens (tertiary/aromatic N) is 2. The van der Waals surface area contributed by atoms with Crippen molar-refractivity contribution in [3.05, 3.63) is 29.6 Å². The van der Waals surface area contributed by atoms with Gasteiger partial charge in [-0.25, -0.2) is 4.39 Å². The molecule has 2 rings (SSSR count). The molecule has 1 saturated heterocycles. The Morgan fingerprint density at radius 2 is 2.25 bits per heavy atom. The molecule has 1 N–H and O–H groups in total. The van der Waals surface area contributed by atoms with Crippen LogP contribution in [0.25, 0.3) is 0 Å². The second-order valence-electron chi connectivity index (χ2n) is 5.71. The lowest BCUT2D eigenvalue weighted by Gasteiger charge is -2.29. The molecule has 1 aliphatic heterocycles. The predicted molar refractivity (Wildman–Crippen MR) is 82.7 cm³/mol. The molecule has 1 aromatic carbocycles. The number of benzene rings is 1. The minimum Gasteiger partial charge on any atom is -0.373 e. The second-order valence-corrected chi connectivity index (χ2v) is 5.71. The number of likely N-dealkylation sites (N-methyl/N-ethyl adjacent to an activating group) is 2. The summed E-state index contributed by atoms with van der Waals surface area (Å²) in [6.45, 7) is 5.86. The maximum atomic E-state index is 13.5. The number of anilines is 1. The lowest BCUT2D eigenvalue weighted by molar-refractivity contribution is 0.314.